The molecular formula is C9H13BrN4. The average molecular weight is 257 g/mol. The molecule has 0 aliphatic carbocycles. The summed E-state index contributed by atoms with van der Waals surface area (Å²) < 4.78 is 0.910. The molecule has 1 aromatic rings. The van der Waals surface area contributed by atoms with Crippen LogP contribution >= 0.6 is 15.9 Å². The van der Waals surface area contributed by atoms with Crippen molar-refractivity contribution in [2.24, 2.45) is 0 Å². The van der Waals surface area contributed by atoms with E-state index in [0.29, 0.717) is 0 Å². The van der Waals surface area contributed by atoms with Crippen LogP contribution in [0.2, 0.25) is 0 Å². The molecule has 14 heavy (non-hydrogen) atoms. The third-order valence-corrected chi connectivity index (χ3v) is 2.92. The van der Waals surface area contributed by atoms with Crippen LogP contribution in [0.25, 0.3) is 0 Å². The Bertz CT molecular complexity index is 325. The maximum atomic E-state index is 4.40. The molecule has 4 nitrogen and oxygen atoms in total. The fourth-order valence-corrected chi connectivity index (χ4v) is 1.78. The van der Waals surface area contributed by atoms with Gasteiger partial charge in [0.1, 0.15) is 11.6 Å². The summed E-state index contributed by atoms with van der Waals surface area (Å²) in [5.41, 5.74) is 0. The molecule has 2 heterocycles. The highest BCUT2D eigenvalue weighted by molar-refractivity contribution is 9.10. The number of nitrogens with one attached hydrogen (secondary N) is 1. The Kier molecular flexibility index (Phi) is 2.98. The quantitative estimate of drug-likeness (QED) is 0.890. The molecule has 0 saturated carbocycles. The van der Waals surface area contributed by atoms with Gasteiger partial charge in [-0.3, -0.25) is 4.90 Å². The van der Waals surface area contributed by atoms with Crippen molar-refractivity contribution in [3.05, 3.63) is 16.5 Å². The van der Waals surface area contributed by atoms with Gasteiger partial charge in [0.15, 0.2) is 0 Å². The van der Waals surface area contributed by atoms with E-state index < -0.39 is 0 Å². The summed E-state index contributed by atoms with van der Waals surface area (Å²) in [6, 6.07) is 0. The van der Waals surface area contributed by atoms with E-state index in [1.54, 1.807) is 6.20 Å². The fraction of sp³-hybridized carbons (Fsp3) is 0.556. The van der Waals surface area contributed by atoms with Gasteiger partial charge >= 0.3 is 0 Å². The Balaban J connectivity index is 2.09. The molecule has 0 amide bonds. The normalized spacial score (nSPS) is 16.4. The van der Waals surface area contributed by atoms with Crippen LogP contribution in [0, 0.1) is 0 Å². The molecule has 1 aliphatic rings. The number of rotatable bonds is 3. The van der Waals surface area contributed by atoms with Crippen LogP contribution in [0.5, 0.6) is 0 Å². The van der Waals surface area contributed by atoms with Gasteiger partial charge in [-0.2, -0.15) is 0 Å². The average Bonchev–Trinajstić information content (AvgIpc) is 2.14. The molecule has 0 atom stereocenters. The summed E-state index contributed by atoms with van der Waals surface area (Å²) >= 11 is 3.39. The molecule has 1 saturated heterocycles. The Morgan fingerprint density at radius 1 is 1.57 bits per heavy atom. The molecule has 1 N–H and O–H groups in total. The number of aromatic nitrogens is 2. The largest absolute Gasteiger partial charge is 0.372 e. The van der Waals surface area contributed by atoms with Crippen molar-refractivity contribution in [2.75, 3.05) is 25.5 Å². The maximum absolute atomic E-state index is 4.40. The predicted octanol–water partition coefficient (Wildman–Crippen LogP) is 1.49. The number of hydrogen-bond donors (Lipinski definition) is 1. The summed E-state index contributed by atoms with van der Waals surface area (Å²) in [5.74, 6) is 1.74. The van der Waals surface area contributed by atoms with Crippen LogP contribution in [-0.2, 0) is 6.54 Å². The van der Waals surface area contributed by atoms with Gasteiger partial charge < -0.3 is 5.32 Å². The van der Waals surface area contributed by atoms with Crippen molar-refractivity contribution < 1.29 is 0 Å². The molecule has 1 aromatic heterocycles. The second-order valence-corrected chi connectivity index (χ2v) is 4.22. The van der Waals surface area contributed by atoms with Crippen LogP contribution in [-0.4, -0.2) is 35.0 Å². The molecule has 5 heteroatoms. The van der Waals surface area contributed by atoms with Crippen LogP contribution < -0.4 is 5.32 Å². The minimum Gasteiger partial charge on any atom is -0.372 e. The van der Waals surface area contributed by atoms with Crippen LogP contribution in [0.4, 0.5) is 5.82 Å². The molecule has 1 fully saturated rings. The molecule has 2 rings (SSSR count). The number of likely N-dealkylation sites (tertiary alicyclic amines) is 1. The van der Waals surface area contributed by atoms with Gasteiger partial charge in [-0.15, -0.1) is 0 Å². The SMILES string of the molecule is CNc1nc(CN2CCC2)ncc1Br. The number of nitrogens with zero attached hydrogens (tertiary/aromatic N) is 3. The Labute approximate surface area is 91.9 Å². The van der Waals surface area contributed by atoms with E-state index in [4.69, 9.17) is 0 Å². The minimum absolute atomic E-state index is 0.857. The minimum atomic E-state index is 0.857. The van der Waals surface area contributed by atoms with Crippen molar-refractivity contribution >= 4 is 21.7 Å². The van der Waals surface area contributed by atoms with E-state index in [9.17, 15) is 0 Å². The number of anilines is 1. The summed E-state index contributed by atoms with van der Waals surface area (Å²) in [4.78, 5) is 11.0. The van der Waals surface area contributed by atoms with Crippen molar-refractivity contribution in [1.29, 1.82) is 0 Å². The molecule has 0 aromatic carbocycles. The lowest BCUT2D eigenvalue weighted by atomic mass is 10.2. The van der Waals surface area contributed by atoms with Gasteiger partial charge in [0.2, 0.25) is 0 Å². The third-order valence-electron chi connectivity index (χ3n) is 2.34. The lowest BCUT2D eigenvalue weighted by Crippen LogP contribution is -2.36. The molecule has 0 unspecified atom stereocenters. The van der Waals surface area contributed by atoms with Gasteiger partial charge in [-0.1, -0.05) is 0 Å². The second kappa shape index (κ2) is 4.23. The lowest BCUT2D eigenvalue weighted by Gasteiger charge is -2.29. The van der Waals surface area contributed by atoms with E-state index in [1.165, 1.54) is 19.5 Å². The molecule has 0 radical (unpaired) electrons. The lowest BCUT2D eigenvalue weighted by molar-refractivity contribution is 0.168. The standard InChI is InChI=1S/C9H13BrN4/c1-11-9-7(10)5-12-8(13-9)6-14-3-2-4-14/h5H,2-4,6H2,1H3,(H,11,12,13). The van der Waals surface area contributed by atoms with Crippen molar-refractivity contribution in [3.63, 3.8) is 0 Å². The molecule has 0 spiro atoms. The smallest absolute Gasteiger partial charge is 0.144 e. The Morgan fingerprint density at radius 2 is 2.36 bits per heavy atom. The molecule has 1 aliphatic heterocycles. The number of hydrogen-bond acceptors (Lipinski definition) is 4. The van der Waals surface area contributed by atoms with Crippen LogP contribution in [0.1, 0.15) is 12.2 Å². The Morgan fingerprint density at radius 3 is 2.93 bits per heavy atom. The maximum Gasteiger partial charge on any atom is 0.144 e. The molecule has 76 valence electrons. The fourth-order valence-electron chi connectivity index (χ4n) is 1.39. The highest BCUT2D eigenvalue weighted by Gasteiger charge is 2.15. The van der Waals surface area contributed by atoms with Gasteiger partial charge in [0.25, 0.3) is 0 Å². The highest BCUT2D eigenvalue weighted by Crippen LogP contribution is 2.19. The second-order valence-electron chi connectivity index (χ2n) is 3.36. The predicted molar refractivity (Wildman–Crippen MR) is 59.2 cm³/mol. The van der Waals surface area contributed by atoms with Gasteiger partial charge in [-0.25, -0.2) is 9.97 Å². The van der Waals surface area contributed by atoms with E-state index >= 15 is 0 Å². The van der Waals surface area contributed by atoms with Crippen molar-refractivity contribution in [1.82, 2.24) is 14.9 Å². The zero-order chi connectivity index (χ0) is 9.97. The van der Waals surface area contributed by atoms with Gasteiger partial charge in [0.05, 0.1) is 11.0 Å². The van der Waals surface area contributed by atoms with E-state index in [1.807, 2.05) is 7.05 Å². The van der Waals surface area contributed by atoms with E-state index in [0.717, 1.165) is 22.7 Å². The third kappa shape index (κ3) is 2.04. The summed E-state index contributed by atoms with van der Waals surface area (Å²) in [6.45, 7) is 3.21. The number of halogens is 1. The molecular weight excluding hydrogens is 244 g/mol. The zero-order valence-electron chi connectivity index (χ0n) is 8.13. The first kappa shape index (κ1) is 9.86. The monoisotopic (exact) mass is 256 g/mol. The first-order valence-electron chi connectivity index (χ1n) is 4.71. The van der Waals surface area contributed by atoms with Crippen LogP contribution in [0.3, 0.4) is 0 Å². The Hall–Kier alpha value is -0.680. The summed E-state index contributed by atoms with van der Waals surface area (Å²) in [6.07, 6.45) is 3.10. The van der Waals surface area contributed by atoms with Crippen LogP contribution in [0.15, 0.2) is 10.7 Å². The topological polar surface area (TPSA) is 41.1 Å². The molecule has 0 bridgehead atoms. The summed E-state index contributed by atoms with van der Waals surface area (Å²) in [7, 11) is 1.86. The zero-order valence-corrected chi connectivity index (χ0v) is 9.71. The first-order chi connectivity index (χ1) is 6.79. The van der Waals surface area contributed by atoms with E-state index in [2.05, 4.69) is 36.1 Å². The highest BCUT2D eigenvalue weighted by atomic mass is 79.9. The van der Waals surface area contributed by atoms with Gasteiger partial charge in [0, 0.05) is 13.2 Å². The van der Waals surface area contributed by atoms with Gasteiger partial charge in [-0.05, 0) is 35.4 Å². The first-order valence-corrected chi connectivity index (χ1v) is 5.50. The van der Waals surface area contributed by atoms with Crippen molar-refractivity contribution in [3.8, 4) is 0 Å². The summed E-state index contributed by atoms with van der Waals surface area (Å²) in [5, 5.41) is 3.03. The van der Waals surface area contributed by atoms with E-state index in [-0.39, 0.29) is 0 Å². The van der Waals surface area contributed by atoms with Crippen molar-refractivity contribution in [2.45, 2.75) is 13.0 Å².